The summed E-state index contributed by atoms with van der Waals surface area (Å²) in [5, 5.41) is 13.8. The molecular formula is C16H19N5O3. The van der Waals surface area contributed by atoms with Crippen molar-refractivity contribution < 1.29 is 14.4 Å². The number of carbonyl (C=O) groups excluding carboxylic acids is 1. The average molecular weight is 329 g/mol. The van der Waals surface area contributed by atoms with Gasteiger partial charge in [-0.15, -0.1) is 0 Å². The number of carbonyl (C=O) groups is 1. The van der Waals surface area contributed by atoms with Gasteiger partial charge in [0.15, 0.2) is 0 Å². The number of aryl methyl sites for hydroxylation is 3. The fourth-order valence-corrected chi connectivity index (χ4v) is 2.69. The maximum absolute atomic E-state index is 13.0. The highest BCUT2D eigenvalue weighted by atomic mass is 16.5. The highest BCUT2D eigenvalue weighted by Gasteiger charge is 2.23. The zero-order valence-corrected chi connectivity index (χ0v) is 13.8. The van der Waals surface area contributed by atoms with Crippen LogP contribution in [0.1, 0.15) is 33.3 Å². The van der Waals surface area contributed by atoms with Gasteiger partial charge in [-0.05, 0) is 26.8 Å². The second kappa shape index (κ2) is 6.40. The molecule has 3 aromatic rings. The fourth-order valence-electron chi connectivity index (χ4n) is 2.69. The summed E-state index contributed by atoms with van der Waals surface area (Å²) in [6, 6.07) is 1.72. The van der Waals surface area contributed by atoms with Gasteiger partial charge in [0.2, 0.25) is 0 Å². The number of imidazole rings is 1. The van der Waals surface area contributed by atoms with Gasteiger partial charge >= 0.3 is 0 Å². The fraction of sp³-hybridized carbons (Fsp3) is 0.375. The number of H-pyrrole nitrogens is 1. The molecule has 0 radical (unpaired) electrons. The van der Waals surface area contributed by atoms with Crippen LogP contribution in [0.5, 0.6) is 0 Å². The van der Waals surface area contributed by atoms with Crippen LogP contribution in [0.3, 0.4) is 0 Å². The number of rotatable bonds is 5. The topological polar surface area (TPSA) is 108 Å². The van der Waals surface area contributed by atoms with E-state index in [-0.39, 0.29) is 19.1 Å². The number of nitrogens with zero attached hydrogens (tertiary/aromatic N) is 4. The van der Waals surface area contributed by atoms with Crippen molar-refractivity contribution in [2.75, 3.05) is 13.2 Å². The van der Waals surface area contributed by atoms with Crippen molar-refractivity contribution in [2.24, 2.45) is 0 Å². The summed E-state index contributed by atoms with van der Waals surface area (Å²) in [7, 11) is 0. The van der Waals surface area contributed by atoms with E-state index in [1.807, 2.05) is 6.92 Å². The molecule has 0 aliphatic heterocycles. The standard InChI is InChI=1S/C16H19N5O3/c1-9-6-13(14-10(2)20-24-15(14)18-9)16(23)21(4-5-22)8-12-7-17-11(3)19-12/h6-7,22H,4-5,8H2,1-3H3,(H,17,19). The molecule has 8 nitrogen and oxygen atoms in total. The molecule has 8 heteroatoms. The zero-order chi connectivity index (χ0) is 17.3. The molecule has 0 atom stereocenters. The van der Waals surface area contributed by atoms with Gasteiger partial charge in [0.05, 0.1) is 41.7 Å². The highest BCUT2D eigenvalue weighted by molar-refractivity contribution is 6.06. The van der Waals surface area contributed by atoms with E-state index < -0.39 is 0 Å². The summed E-state index contributed by atoms with van der Waals surface area (Å²) < 4.78 is 5.18. The van der Waals surface area contributed by atoms with E-state index in [0.717, 1.165) is 11.5 Å². The lowest BCUT2D eigenvalue weighted by Gasteiger charge is -2.21. The molecular weight excluding hydrogens is 310 g/mol. The molecule has 0 aliphatic carbocycles. The third kappa shape index (κ3) is 3.00. The Balaban J connectivity index is 1.99. The van der Waals surface area contributed by atoms with Crippen molar-refractivity contribution in [3.8, 4) is 0 Å². The number of aliphatic hydroxyl groups excluding tert-OH is 1. The minimum Gasteiger partial charge on any atom is -0.395 e. The van der Waals surface area contributed by atoms with E-state index in [0.29, 0.717) is 34.6 Å². The van der Waals surface area contributed by atoms with Crippen molar-refractivity contribution >= 4 is 17.0 Å². The van der Waals surface area contributed by atoms with Gasteiger partial charge in [0, 0.05) is 12.2 Å². The van der Waals surface area contributed by atoms with Crippen LogP contribution in [0.15, 0.2) is 16.8 Å². The zero-order valence-electron chi connectivity index (χ0n) is 13.8. The lowest BCUT2D eigenvalue weighted by molar-refractivity contribution is 0.0707. The summed E-state index contributed by atoms with van der Waals surface area (Å²) in [6.45, 7) is 5.82. The van der Waals surface area contributed by atoms with Crippen LogP contribution in [0.2, 0.25) is 0 Å². The van der Waals surface area contributed by atoms with Crippen molar-refractivity contribution in [2.45, 2.75) is 27.3 Å². The first kappa shape index (κ1) is 16.1. The first-order valence-electron chi connectivity index (χ1n) is 7.64. The lowest BCUT2D eigenvalue weighted by Crippen LogP contribution is -2.33. The molecule has 0 aliphatic rings. The third-order valence-electron chi connectivity index (χ3n) is 3.75. The van der Waals surface area contributed by atoms with Crippen LogP contribution in [-0.2, 0) is 6.54 Å². The second-order valence-corrected chi connectivity index (χ2v) is 5.70. The number of aliphatic hydroxyl groups is 1. The molecule has 126 valence electrons. The van der Waals surface area contributed by atoms with E-state index in [2.05, 4.69) is 20.1 Å². The van der Waals surface area contributed by atoms with Gasteiger partial charge < -0.3 is 19.5 Å². The quantitative estimate of drug-likeness (QED) is 0.734. The summed E-state index contributed by atoms with van der Waals surface area (Å²) in [4.78, 5) is 26.1. The minimum absolute atomic E-state index is 0.130. The number of hydrogen-bond donors (Lipinski definition) is 2. The Bertz CT molecular complexity index is 883. The van der Waals surface area contributed by atoms with Crippen molar-refractivity contribution in [3.05, 3.63) is 40.7 Å². The van der Waals surface area contributed by atoms with E-state index in [4.69, 9.17) is 4.52 Å². The van der Waals surface area contributed by atoms with Gasteiger partial charge in [-0.25, -0.2) is 9.97 Å². The van der Waals surface area contributed by atoms with Crippen LogP contribution in [0.4, 0.5) is 0 Å². The predicted molar refractivity (Wildman–Crippen MR) is 86.4 cm³/mol. The van der Waals surface area contributed by atoms with Gasteiger partial charge in [0.1, 0.15) is 5.82 Å². The second-order valence-electron chi connectivity index (χ2n) is 5.70. The average Bonchev–Trinajstić information content (AvgIpc) is 3.11. The van der Waals surface area contributed by atoms with E-state index in [9.17, 15) is 9.90 Å². The van der Waals surface area contributed by atoms with Gasteiger partial charge in [-0.3, -0.25) is 4.79 Å². The molecule has 3 aromatic heterocycles. The molecule has 2 N–H and O–H groups in total. The maximum atomic E-state index is 13.0. The summed E-state index contributed by atoms with van der Waals surface area (Å²) in [5.74, 6) is 0.566. The van der Waals surface area contributed by atoms with Gasteiger partial charge in [0.25, 0.3) is 11.6 Å². The van der Waals surface area contributed by atoms with Crippen LogP contribution < -0.4 is 0 Å². The van der Waals surface area contributed by atoms with Crippen LogP contribution in [-0.4, -0.2) is 49.2 Å². The normalized spacial score (nSPS) is 11.2. The van der Waals surface area contributed by atoms with Crippen LogP contribution in [0, 0.1) is 20.8 Å². The SMILES string of the molecule is Cc1cc(C(=O)N(CCO)Cc2cnc(C)[nH]2)c2c(C)noc2n1. The molecule has 24 heavy (non-hydrogen) atoms. The molecule has 0 bridgehead atoms. The first-order chi connectivity index (χ1) is 11.5. The molecule has 0 aromatic carbocycles. The Kier molecular flexibility index (Phi) is 4.30. The number of aromatic amines is 1. The number of nitrogens with one attached hydrogen (secondary N) is 1. The molecule has 1 amide bonds. The van der Waals surface area contributed by atoms with Crippen molar-refractivity contribution in [1.29, 1.82) is 0 Å². The van der Waals surface area contributed by atoms with Crippen molar-refractivity contribution in [3.63, 3.8) is 0 Å². The molecule has 3 rings (SSSR count). The molecule has 0 saturated carbocycles. The largest absolute Gasteiger partial charge is 0.395 e. The Morgan fingerprint density at radius 1 is 1.38 bits per heavy atom. The first-order valence-corrected chi connectivity index (χ1v) is 7.64. The number of pyridine rings is 1. The molecule has 0 spiro atoms. The number of amides is 1. The number of hydrogen-bond acceptors (Lipinski definition) is 6. The summed E-state index contributed by atoms with van der Waals surface area (Å²) >= 11 is 0. The Morgan fingerprint density at radius 3 is 2.83 bits per heavy atom. The Hall–Kier alpha value is -2.74. The maximum Gasteiger partial charge on any atom is 0.258 e. The Labute approximate surface area is 138 Å². The van der Waals surface area contributed by atoms with E-state index in [1.165, 1.54) is 0 Å². The molecule has 0 saturated heterocycles. The van der Waals surface area contributed by atoms with E-state index in [1.54, 1.807) is 31.0 Å². The van der Waals surface area contributed by atoms with Crippen LogP contribution >= 0.6 is 0 Å². The summed E-state index contributed by atoms with van der Waals surface area (Å²) in [6.07, 6.45) is 1.69. The molecule has 3 heterocycles. The number of aromatic nitrogens is 4. The third-order valence-corrected chi connectivity index (χ3v) is 3.75. The number of fused-ring (bicyclic) bond motifs is 1. The summed E-state index contributed by atoms with van der Waals surface area (Å²) in [5.41, 5.74) is 2.90. The van der Waals surface area contributed by atoms with E-state index >= 15 is 0 Å². The smallest absolute Gasteiger partial charge is 0.258 e. The lowest BCUT2D eigenvalue weighted by atomic mass is 10.1. The van der Waals surface area contributed by atoms with Gasteiger partial charge in [-0.1, -0.05) is 5.16 Å². The van der Waals surface area contributed by atoms with Crippen LogP contribution in [0.25, 0.3) is 11.1 Å². The van der Waals surface area contributed by atoms with Gasteiger partial charge in [-0.2, -0.15) is 0 Å². The molecule has 0 unspecified atom stereocenters. The van der Waals surface area contributed by atoms with Crippen molar-refractivity contribution in [1.82, 2.24) is 25.0 Å². The highest BCUT2D eigenvalue weighted by Crippen LogP contribution is 2.23. The minimum atomic E-state index is -0.210. The predicted octanol–water partition coefficient (Wildman–Crippen LogP) is 1.51. The monoisotopic (exact) mass is 329 g/mol. The molecule has 0 fully saturated rings. The Morgan fingerprint density at radius 2 is 2.17 bits per heavy atom.